The van der Waals surface area contributed by atoms with E-state index in [0.717, 1.165) is 51.5 Å². The van der Waals surface area contributed by atoms with Crippen molar-refractivity contribution in [1.82, 2.24) is 19.9 Å². The number of aromatic nitrogens is 3. The number of hydrogen-bond acceptors (Lipinski definition) is 11. The third-order valence-corrected chi connectivity index (χ3v) is 15.4. The first-order valence-corrected chi connectivity index (χ1v) is 20.9. The molecule has 1 spiro atoms. The SMILES string of the molecule is C#Cc1c(F)ccc2cc(O)cc(-c3ncc4c(N5CCOC[C@@](C)(O)C5)nc(OCC56CCCN(C7CC8(C7)CS(=O)(=O)C8)[C@]5(C)CCC6)nc4c3F)c12. The quantitative estimate of drug-likeness (QED) is 0.245. The smallest absolute Gasteiger partial charge is 0.319 e. The summed E-state index contributed by atoms with van der Waals surface area (Å²) in [4.78, 5) is 18.5. The van der Waals surface area contributed by atoms with E-state index in [4.69, 9.17) is 20.9 Å². The van der Waals surface area contributed by atoms with Crippen LogP contribution in [-0.4, -0.2) is 107 Å². The second-order valence-electron chi connectivity index (χ2n) is 17.2. The van der Waals surface area contributed by atoms with Gasteiger partial charge in [0.25, 0.3) is 0 Å². The summed E-state index contributed by atoms with van der Waals surface area (Å²) in [5.41, 5.74) is -1.93. The molecule has 3 atom stereocenters. The third-order valence-electron chi connectivity index (χ3n) is 13.3. The van der Waals surface area contributed by atoms with Gasteiger partial charge in [0.15, 0.2) is 15.7 Å². The summed E-state index contributed by atoms with van der Waals surface area (Å²) in [6.07, 6.45) is 13.9. The lowest BCUT2D eigenvalue weighted by Gasteiger charge is -2.63. The number of halogens is 2. The fraction of sp³-hybridized carbons (Fsp3) is 0.537. The summed E-state index contributed by atoms with van der Waals surface area (Å²) in [6.45, 7) is 6.16. The second kappa shape index (κ2) is 12.7. The highest BCUT2D eigenvalue weighted by atomic mass is 32.2. The molecule has 5 aliphatic rings. The number of likely N-dealkylation sites (tertiary alicyclic amines) is 1. The molecule has 2 aromatic carbocycles. The van der Waals surface area contributed by atoms with Gasteiger partial charge in [-0.25, -0.2) is 17.2 Å². The second-order valence-corrected chi connectivity index (χ2v) is 19.3. The fourth-order valence-electron chi connectivity index (χ4n) is 10.8. The molecule has 0 radical (unpaired) electrons. The topological polar surface area (TPSA) is 138 Å². The van der Waals surface area contributed by atoms with Crippen LogP contribution in [0.1, 0.15) is 64.4 Å². The molecule has 290 valence electrons. The number of anilines is 1. The molecule has 2 aliphatic carbocycles. The molecule has 2 saturated carbocycles. The highest BCUT2D eigenvalue weighted by Crippen LogP contribution is 2.60. The minimum atomic E-state index is -2.90. The molecule has 5 heterocycles. The fourth-order valence-corrected chi connectivity index (χ4v) is 13.1. The average Bonchev–Trinajstić information content (AvgIpc) is 3.35. The number of pyridine rings is 1. The van der Waals surface area contributed by atoms with Crippen molar-refractivity contribution in [2.75, 3.05) is 55.9 Å². The standard InChI is InChI=1S/C41H45F2N5O6S/c1-4-28-31(42)8-7-25-15-27(49)16-29(32(25)28)34-33(43)35-30(19-44-34)36(47-13-14-53-21-38(2,50)20-47)46-37(45-35)54-22-41-10-5-9-39(41,3)48(12-6-11-41)26-17-40(18-26)23-55(51,52)24-40/h1,7-8,15-16,19,26,49-50H,5-6,9-14,17-18,20-24H2,2-3H3/t38-,39+,41?/m0/s1. The van der Waals surface area contributed by atoms with Gasteiger partial charge in [-0.2, -0.15) is 9.97 Å². The summed E-state index contributed by atoms with van der Waals surface area (Å²) < 4.78 is 68.5. The molecule has 2 N–H and O–H groups in total. The van der Waals surface area contributed by atoms with Gasteiger partial charge in [-0.15, -0.1) is 6.42 Å². The molecule has 11 nitrogen and oxygen atoms in total. The zero-order valence-corrected chi connectivity index (χ0v) is 31.9. The predicted octanol–water partition coefficient (Wildman–Crippen LogP) is 5.38. The van der Waals surface area contributed by atoms with Gasteiger partial charge >= 0.3 is 6.01 Å². The summed E-state index contributed by atoms with van der Waals surface area (Å²) in [6, 6.07) is 5.72. The molecule has 14 heteroatoms. The maximum Gasteiger partial charge on any atom is 0.319 e. The van der Waals surface area contributed by atoms with Gasteiger partial charge in [0, 0.05) is 46.1 Å². The number of aliphatic hydroxyl groups is 1. The van der Waals surface area contributed by atoms with E-state index in [1.165, 1.54) is 30.5 Å². The number of β-amino-alcohol motifs (C(OH)–C–C–N with tert-alkyl or cyclic N) is 1. The Morgan fingerprint density at radius 3 is 2.64 bits per heavy atom. The Labute approximate surface area is 319 Å². The van der Waals surface area contributed by atoms with E-state index in [0.29, 0.717) is 48.5 Å². The lowest BCUT2D eigenvalue weighted by molar-refractivity contribution is -0.123. The van der Waals surface area contributed by atoms with Crippen molar-refractivity contribution < 1.29 is 36.9 Å². The Kier molecular flexibility index (Phi) is 8.41. The van der Waals surface area contributed by atoms with Crippen molar-refractivity contribution in [2.24, 2.45) is 10.8 Å². The number of rotatable bonds is 6. The first-order chi connectivity index (χ1) is 26.1. The lowest BCUT2D eigenvalue weighted by Crippen LogP contribution is -2.70. The molecule has 4 aromatic rings. The van der Waals surface area contributed by atoms with Gasteiger partial charge in [0.05, 0.1) is 48.8 Å². The van der Waals surface area contributed by atoms with Crippen molar-refractivity contribution in [1.29, 1.82) is 0 Å². The molecule has 9 rings (SSSR count). The first-order valence-electron chi connectivity index (χ1n) is 19.1. The maximum absolute atomic E-state index is 17.1. The highest BCUT2D eigenvalue weighted by molar-refractivity contribution is 7.92. The summed E-state index contributed by atoms with van der Waals surface area (Å²) in [7, 11) is -2.90. The Morgan fingerprint density at radius 2 is 1.87 bits per heavy atom. The van der Waals surface area contributed by atoms with Crippen LogP contribution in [0.4, 0.5) is 14.6 Å². The van der Waals surface area contributed by atoms with Crippen molar-refractivity contribution in [3.8, 4) is 35.4 Å². The third kappa shape index (κ3) is 5.92. The van der Waals surface area contributed by atoms with E-state index in [1.54, 1.807) is 6.92 Å². The zero-order valence-electron chi connectivity index (χ0n) is 31.1. The Bertz CT molecular complexity index is 2380. The van der Waals surface area contributed by atoms with Crippen LogP contribution >= 0.6 is 0 Å². The van der Waals surface area contributed by atoms with E-state index in [-0.39, 0.29) is 74.4 Å². The first kappa shape index (κ1) is 36.5. The number of fused-ring (bicyclic) bond motifs is 3. The Morgan fingerprint density at radius 1 is 1.09 bits per heavy atom. The molecule has 55 heavy (non-hydrogen) atoms. The number of nitrogens with zero attached hydrogens (tertiary/aromatic N) is 5. The number of terminal acetylenes is 1. The highest BCUT2D eigenvalue weighted by Gasteiger charge is 2.63. The van der Waals surface area contributed by atoms with E-state index < -0.39 is 27.1 Å². The van der Waals surface area contributed by atoms with Crippen LogP contribution in [0.3, 0.4) is 0 Å². The molecule has 2 aromatic heterocycles. The van der Waals surface area contributed by atoms with Crippen molar-refractivity contribution in [3.63, 3.8) is 0 Å². The van der Waals surface area contributed by atoms with Crippen LogP contribution in [0.15, 0.2) is 30.5 Å². The van der Waals surface area contributed by atoms with Crippen LogP contribution in [0.5, 0.6) is 11.8 Å². The molecule has 1 unspecified atom stereocenters. The molecule has 3 aliphatic heterocycles. The van der Waals surface area contributed by atoms with Gasteiger partial charge in [0.1, 0.15) is 34.2 Å². The van der Waals surface area contributed by atoms with Gasteiger partial charge in [-0.1, -0.05) is 18.4 Å². The normalized spacial score (nSPS) is 29.1. The lowest BCUT2D eigenvalue weighted by atomic mass is 9.61. The molecule has 0 bridgehead atoms. The number of piperidine rings is 1. The van der Waals surface area contributed by atoms with E-state index >= 15 is 4.39 Å². The molecule has 0 amide bonds. The Balaban J connectivity index is 1.11. The summed E-state index contributed by atoms with van der Waals surface area (Å²) in [5, 5.41) is 22.7. The van der Waals surface area contributed by atoms with E-state index in [1.807, 2.05) is 4.90 Å². The van der Waals surface area contributed by atoms with Gasteiger partial charge in [-0.05, 0) is 82.5 Å². The zero-order chi connectivity index (χ0) is 38.5. The maximum atomic E-state index is 17.1. The van der Waals surface area contributed by atoms with Crippen molar-refractivity contribution >= 4 is 37.3 Å². The predicted molar refractivity (Wildman–Crippen MR) is 204 cm³/mol. The minimum absolute atomic E-state index is 0.0255. The number of phenols is 1. The van der Waals surface area contributed by atoms with E-state index in [2.05, 4.69) is 27.7 Å². The van der Waals surface area contributed by atoms with Gasteiger partial charge < -0.3 is 24.6 Å². The monoisotopic (exact) mass is 773 g/mol. The number of hydrogen-bond donors (Lipinski definition) is 2. The molecular weight excluding hydrogens is 729 g/mol. The number of sulfone groups is 1. The average molecular weight is 774 g/mol. The van der Waals surface area contributed by atoms with Gasteiger partial charge in [-0.3, -0.25) is 9.88 Å². The molecule has 5 fully saturated rings. The number of aromatic hydroxyl groups is 1. The van der Waals surface area contributed by atoms with Crippen molar-refractivity contribution in [3.05, 3.63) is 47.7 Å². The molecule has 3 saturated heterocycles. The van der Waals surface area contributed by atoms with Crippen LogP contribution in [0.25, 0.3) is 32.9 Å². The van der Waals surface area contributed by atoms with Gasteiger partial charge in [0.2, 0.25) is 0 Å². The number of phenolic OH excluding ortho intramolecular Hbond substituents is 1. The van der Waals surface area contributed by atoms with Crippen LogP contribution in [0, 0.1) is 34.8 Å². The van der Waals surface area contributed by atoms with Crippen LogP contribution in [0.2, 0.25) is 0 Å². The summed E-state index contributed by atoms with van der Waals surface area (Å²) >= 11 is 0. The summed E-state index contributed by atoms with van der Waals surface area (Å²) in [5.74, 6) is 1.64. The molecular formula is C41H45F2N5O6S. The van der Waals surface area contributed by atoms with Crippen LogP contribution in [-0.2, 0) is 14.6 Å². The van der Waals surface area contributed by atoms with E-state index in [9.17, 15) is 23.0 Å². The Hall–Kier alpha value is -4.16. The minimum Gasteiger partial charge on any atom is -0.508 e. The number of ether oxygens (including phenoxy) is 2. The van der Waals surface area contributed by atoms with Crippen molar-refractivity contribution in [2.45, 2.75) is 76.0 Å². The largest absolute Gasteiger partial charge is 0.508 e. The van der Waals surface area contributed by atoms with Crippen LogP contribution < -0.4 is 9.64 Å². The number of benzene rings is 2.